The molecule has 0 saturated carbocycles. The molecule has 0 aromatic heterocycles. The van der Waals surface area contributed by atoms with E-state index >= 15 is 0 Å². The molecule has 0 amide bonds. The first kappa shape index (κ1) is 19.4. The summed E-state index contributed by atoms with van der Waals surface area (Å²) in [6.07, 6.45) is 7.47. The summed E-state index contributed by atoms with van der Waals surface area (Å²) in [5.41, 5.74) is 1.08. The lowest BCUT2D eigenvalue weighted by molar-refractivity contribution is 0.112. The number of thioether (sulfide) groups is 1. The van der Waals surface area contributed by atoms with E-state index in [2.05, 4.69) is 17.8 Å². The normalized spacial score (nSPS) is 26.2. The first-order valence-electron chi connectivity index (χ1n) is 9.40. The fourth-order valence-electron chi connectivity index (χ4n) is 3.93. The number of benzene rings is 1. The standard InChI is InChI=1S/C21H25F2NOS/c1-2-25-12-14-3-8-21(26-13-14)16-6-4-15(5-7-16)17-9-19(22)18(11-24)20(23)10-17/h4,9-10,14,16,21H,2-3,5-8,12-13H2,1H3. The average Bonchev–Trinajstić information content (AvgIpc) is 2.67. The molecule has 0 bridgehead atoms. The number of allylic oxidation sites excluding steroid dienone is 2. The minimum absolute atomic E-state index is 0.497. The Morgan fingerprint density at radius 1 is 1.23 bits per heavy atom. The van der Waals surface area contributed by atoms with Gasteiger partial charge >= 0.3 is 0 Å². The Bertz CT molecular complexity index is 681. The molecule has 0 radical (unpaired) electrons. The summed E-state index contributed by atoms with van der Waals surface area (Å²) in [6, 6.07) is 4.17. The predicted molar refractivity (Wildman–Crippen MR) is 102 cm³/mol. The van der Waals surface area contributed by atoms with Gasteiger partial charge in [-0.15, -0.1) is 0 Å². The smallest absolute Gasteiger partial charge is 0.144 e. The van der Waals surface area contributed by atoms with Crippen LogP contribution in [-0.4, -0.2) is 24.2 Å². The molecule has 140 valence electrons. The van der Waals surface area contributed by atoms with E-state index in [9.17, 15) is 8.78 Å². The second-order valence-corrected chi connectivity index (χ2v) is 8.44. The van der Waals surface area contributed by atoms with Crippen LogP contribution in [0.25, 0.3) is 5.57 Å². The zero-order valence-electron chi connectivity index (χ0n) is 15.1. The summed E-state index contributed by atoms with van der Waals surface area (Å²) in [7, 11) is 0. The maximum Gasteiger partial charge on any atom is 0.144 e. The number of hydrogen-bond acceptors (Lipinski definition) is 3. The second kappa shape index (κ2) is 9.01. The number of ether oxygens (including phenoxy) is 1. The van der Waals surface area contributed by atoms with Gasteiger partial charge in [-0.1, -0.05) is 6.08 Å². The molecule has 0 spiro atoms. The number of hydrogen-bond donors (Lipinski definition) is 0. The highest BCUT2D eigenvalue weighted by atomic mass is 32.2. The quantitative estimate of drug-likeness (QED) is 0.673. The van der Waals surface area contributed by atoms with E-state index in [1.807, 2.05) is 6.92 Å². The molecule has 1 aromatic carbocycles. The fraction of sp³-hybridized carbons (Fsp3) is 0.571. The Hall–Kier alpha value is -1.38. The topological polar surface area (TPSA) is 33.0 Å². The van der Waals surface area contributed by atoms with Crippen LogP contribution in [0.5, 0.6) is 0 Å². The van der Waals surface area contributed by atoms with E-state index in [-0.39, 0.29) is 0 Å². The number of nitriles is 1. The molecule has 3 atom stereocenters. The van der Waals surface area contributed by atoms with Gasteiger partial charge in [0.25, 0.3) is 0 Å². The highest BCUT2D eigenvalue weighted by Gasteiger charge is 2.29. The van der Waals surface area contributed by atoms with Crippen LogP contribution >= 0.6 is 11.8 Å². The minimum Gasteiger partial charge on any atom is -0.381 e. The van der Waals surface area contributed by atoms with Gasteiger partial charge in [0.2, 0.25) is 0 Å². The Morgan fingerprint density at radius 3 is 2.54 bits per heavy atom. The largest absolute Gasteiger partial charge is 0.381 e. The lowest BCUT2D eigenvalue weighted by atomic mass is 9.82. The first-order chi connectivity index (χ1) is 12.6. The molecule has 1 aliphatic heterocycles. The van der Waals surface area contributed by atoms with Crippen LogP contribution in [0.3, 0.4) is 0 Å². The van der Waals surface area contributed by atoms with Gasteiger partial charge in [0.15, 0.2) is 0 Å². The van der Waals surface area contributed by atoms with Gasteiger partial charge in [0.05, 0.1) is 6.61 Å². The molecule has 1 aliphatic carbocycles. The summed E-state index contributed by atoms with van der Waals surface area (Å²) >= 11 is 2.07. The highest BCUT2D eigenvalue weighted by Crippen LogP contribution is 2.41. The third-order valence-electron chi connectivity index (χ3n) is 5.47. The molecule has 0 N–H and O–H groups in total. The second-order valence-electron chi connectivity index (χ2n) is 7.17. The monoisotopic (exact) mass is 377 g/mol. The maximum absolute atomic E-state index is 13.9. The van der Waals surface area contributed by atoms with Crippen LogP contribution in [0.1, 0.15) is 50.2 Å². The van der Waals surface area contributed by atoms with Crippen molar-refractivity contribution in [1.29, 1.82) is 5.26 Å². The van der Waals surface area contributed by atoms with E-state index < -0.39 is 17.2 Å². The summed E-state index contributed by atoms with van der Waals surface area (Å²) in [4.78, 5) is 0. The summed E-state index contributed by atoms with van der Waals surface area (Å²) in [5, 5.41) is 9.47. The molecule has 3 unspecified atom stereocenters. The molecule has 3 rings (SSSR count). The molecule has 2 nitrogen and oxygen atoms in total. The minimum atomic E-state index is -0.770. The van der Waals surface area contributed by atoms with Crippen molar-refractivity contribution >= 4 is 17.3 Å². The van der Waals surface area contributed by atoms with Crippen molar-refractivity contribution in [3.63, 3.8) is 0 Å². The van der Waals surface area contributed by atoms with Gasteiger partial charge in [0.1, 0.15) is 23.3 Å². The lowest BCUT2D eigenvalue weighted by Crippen LogP contribution is -2.28. The Kier molecular flexibility index (Phi) is 6.72. The van der Waals surface area contributed by atoms with Gasteiger partial charge < -0.3 is 4.74 Å². The lowest BCUT2D eigenvalue weighted by Gasteiger charge is -2.35. The third kappa shape index (κ3) is 4.47. The summed E-state index contributed by atoms with van der Waals surface area (Å²) < 4.78 is 33.3. The van der Waals surface area contributed by atoms with Crippen molar-refractivity contribution in [2.24, 2.45) is 11.8 Å². The van der Waals surface area contributed by atoms with Crippen molar-refractivity contribution in [1.82, 2.24) is 0 Å². The van der Waals surface area contributed by atoms with E-state index in [0.29, 0.717) is 22.6 Å². The van der Waals surface area contributed by atoms with Crippen LogP contribution in [0.15, 0.2) is 18.2 Å². The van der Waals surface area contributed by atoms with Crippen LogP contribution in [0.2, 0.25) is 0 Å². The molecule has 5 heteroatoms. The number of nitrogens with zero attached hydrogens (tertiary/aromatic N) is 1. The fourth-order valence-corrected chi connectivity index (χ4v) is 5.54. The van der Waals surface area contributed by atoms with Gasteiger partial charge in [-0.05, 0) is 79.9 Å². The maximum atomic E-state index is 13.9. The molecule has 2 aliphatic rings. The Balaban J connectivity index is 1.59. The van der Waals surface area contributed by atoms with Gasteiger partial charge in [-0.2, -0.15) is 17.0 Å². The molecule has 1 aromatic rings. The van der Waals surface area contributed by atoms with Gasteiger partial charge in [-0.25, -0.2) is 8.78 Å². The number of halogens is 2. The van der Waals surface area contributed by atoms with Crippen LogP contribution < -0.4 is 0 Å². The predicted octanol–water partition coefficient (Wildman–Crippen LogP) is 5.57. The van der Waals surface area contributed by atoms with Gasteiger partial charge in [0, 0.05) is 11.9 Å². The van der Waals surface area contributed by atoms with Crippen molar-refractivity contribution in [2.75, 3.05) is 19.0 Å². The summed E-state index contributed by atoms with van der Waals surface area (Å²) in [5.74, 6) is 0.951. The molecule has 26 heavy (non-hydrogen) atoms. The summed E-state index contributed by atoms with van der Waals surface area (Å²) in [6.45, 7) is 3.70. The third-order valence-corrected chi connectivity index (χ3v) is 7.18. The average molecular weight is 378 g/mol. The van der Waals surface area contributed by atoms with Crippen molar-refractivity contribution in [3.8, 4) is 6.07 Å². The van der Waals surface area contributed by atoms with E-state index in [0.717, 1.165) is 38.0 Å². The van der Waals surface area contributed by atoms with Crippen LogP contribution in [-0.2, 0) is 4.74 Å². The van der Waals surface area contributed by atoms with E-state index in [4.69, 9.17) is 10.00 Å². The Morgan fingerprint density at radius 2 is 2.00 bits per heavy atom. The zero-order valence-corrected chi connectivity index (χ0v) is 16.0. The number of rotatable bonds is 5. The first-order valence-corrected chi connectivity index (χ1v) is 10.4. The molecule has 1 saturated heterocycles. The highest BCUT2D eigenvalue weighted by molar-refractivity contribution is 7.99. The molecular weight excluding hydrogens is 352 g/mol. The Labute approximate surface area is 158 Å². The van der Waals surface area contributed by atoms with Crippen LogP contribution in [0.4, 0.5) is 8.78 Å². The SMILES string of the molecule is CCOCC1CCC(C2CC=C(c3cc(F)c(C#N)c(F)c3)CC2)SC1. The van der Waals surface area contributed by atoms with Crippen LogP contribution in [0, 0.1) is 34.8 Å². The van der Waals surface area contributed by atoms with Gasteiger partial charge in [-0.3, -0.25) is 0 Å². The van der Waals surface area contributed by atoms with Crippen molar-refractivity contribution < 1.29 is 13.5 Å². The van der Waals surface area contributed by atoms with Crippen molar-refractivity contribution in [3.05, 3.63) is 41.0 Å². The molecule has 1 heterocycles. The van der Waals surface area contributed by atoms with Crippen molar-refractivity contribution in [2.45, 2.75) is 44.3 Å². The molecular formula is C21H25F2NOS. The zero-order chi connectivity index (χ0) is 18.5. The van der Waals surface area contributed by atoms with E-state index in [1.165, 1.54) is 30.7 Å². The van der Waals surface area contributed by atoms with E-state index in [1.54, 1.807) is 6.07 Å². The molecule has 1 fully saturated rings.